The molecule has 5 rings (SSSR count). The minimum atomic E-state index is -1.01. The Morgan fingerprint density at radius 2 is 1.33 bits per heavy atom. The Morgan fingerprint density at radius 3 is 2.10 bits per heavy atom. The third-order valence-electron chi connectivity index (χ3n) is 5.42. The molecule has 0 saturated carbocycles. The zero-order valence-electron chi connectivity index (χ0n) is 16.1. The molecule has 0 aliphatic rings. The predicted octanol–water partition coefficient (Wildman–Crippen LogP) is 7.02. The van der Waals surface area contributed by atoms with E-state index in [1.807, 2.05) is 42.5 Å². The largest absolute Gasteiger partial charge is 0.478 e. The van der Waals surface area contributed by atoms with E-state index in [0.29, 0.717) is 5.56 Å². The molecule has 1 N–H and O–H groups in total. The fourth-order valence-electron chi connectivity index (χ4n) is 3.90. The maximum atomic E-state index is 11.2. The molecule has 3 nitrogen and oxygen atoms in total. The van der Waals surface area contributed by atoms with E-state index in [-0.39, 0.29) is 5.57 Å². The van der Waals surface area contributed by atoms with Crippen molar-refractivity contribution in [2.24, 2.45) is 0 Å². The van der Waals surface area contributed by atoms with Gasteiger partial charge in [-0.15, -0.1) is 0 Å². The van der Waals surface area contributed by atoms with Crippen LogP contribution in [-0.2, 0) is 4.79 Å². The van der Waals surface area contributed by atoms with Crippen LogP contribution in [0.4, 0.5) is 0 Å². The van der Waals surface area contributed by atoms with Crippen LogP contribution in [0.3, 0.4) is 0 Å². The summed E-state index contributed by atoms with van der Waals surface area (Å²) >= 11 is 0. The van der Waals surface area contributed by atoms with Crippen molar-refractivity contribution >= 4 is 33.5 Å². The van der Waals surface area contributed by atoms with E-state index in [4.69, 9.17) is 9.52 Å². The number of fused-ring (bicyclic) bond motifs is 3. The van der Waals surface area contributed by atoms with E-state index in [1.165, 1.54) is 0 Å². The lowest BCUT2D eigenvalue weighted by molar-refractivity contribution is -0.130. The first-order valence-corrected chi connectivity index (χ1v) is 9.66. The Morgan fingerprint density at radius 1 is 0.700 bits per heavy atom. The van der Waals surface area contributed by atoms with Crippen molar-refractivity contribution in [3.63, 3.8) is 0 Å². The topological polar surface area (TPSA) is 50.4 Å². The maximum Gasteiger partial charge on any atom is 0.335 e. The Labute approximate surface area is 173 Å². The molecule has 144 valence electrons. The number of carboxylic acids is 1. The first-order chi connectivity index (χ1) is 14.6. The second-order valence-corrected chi connectivity index (χ2v) is 7.19. The fraction of sp³-hybridized carbons (Fsp3) is 0. The van der Waals surface area contributed by atoms with E-state index < -0.39 is 5.97 Å². The van der Waals surface area contributed by atoms with Gasteiger partial charge in [-0.3, -0.25) is 0 Å². The van der Waals surface area contributed by atoms with Crippen molar-refractivity contribution in [2.45, 2.75) is 0 Å². The smallest absolute Gasteiger partial charge is 0.335 e. The molecule has 5 aromatic rings. The van der Waals surface area contributed by atoms with Gasteiger partial charge in [-0.05, 0) is 28.3 Å². The average Bonchev–Trinajstić information content (AvgIpc) is 3.17. The summed E-state index contributed by atoms with van der Waals surface area (Å²) in [5.41, 5.74) is 6.56. The van der Waals surface area contributed by atoms with Crippen molar-refractivity contribution in [3.8, 4) is 22.3 Å². The number of furan rings is 1. The van der Waals surface area contributed by atoms with Gasteiger partial charge < -0.3 is 9.52 Å². The van der Waals surface area contributed by atoms with Crippen LogP contribution in [-0.4, -0.2) is 11.1 Å². The van der Waals surface area contributed by atoms with Crippen LogP contribution in [0.1, 0.15) is 5.56 Å². The average molecular weight is 390 g/mol. The van der Waals surface area contributed by atoms with Crippen molar-refractivity contribution < 1.29 is 14.3 Å². The van der Waals surface area contributed by atoms with Gasteiger partial charge in [0.1, 0.15) is 11.2 Å². The van der Waals surface area contributed by atoms with Crippen molar-refractivity contribution in [3.05, 3.63) is 103 Å². The summed E-state index contributed by atoms with van der Waals surface area (Å²) in [6, 6.07) is 29.9. The second-order valence-electron chi connectivity index (χ2n) is 7.19. The summed E-state index contributed by atoms with van der Waals surface area (Å²) in [5, 5.41) is 11.4. The Hall–Kier alpha value is -4.11. The summed E-state index contributed by atoms with van der Waals surface area (Å²) in [7, 11) is 0. The summed E-state index contributed by atoms with van der Waals surface area (Å²) in [6.45, 7) is 3.63. The number of aliphatic carboxylic acids is 1. The lowest BCUT2D eigenvalue weighted by Gasteiger charge is -2.11. The molecule has 0 fully saturated rings. The first-order valence-electron chi connectivity index (χ1n) is 9.66. The zero-order valence-corrected chi connectivity index (χ0v) is 16.1. The van der Waals surface area contributed by atoms with Crippen LogP contribution in [0.25, 0.3) is 49.8 Å². The molecule has 0 radical (unpaired) electrons. The number of carboxylic acid groups (broad SMARTS) is 1. The van der Waals surface area contributed by atoms with E-state index in [0.717, 1.165) is 44.2 Å². The Bertz CT molecular complexity index is 1420. The molecule has 0 aliphatic heterocycles. The van der Waals surface area contributed by atoms with Gasteiger partial charge in [-0.25, -0.2) is 4.79 Å². The number of hydrogen-bond acceptors (Lipinski definition) is 2. The number of rotatable bonds is 4. The molecule has 0 amide bonds. The van der Waals surface area contributed by atoms with Gasteiger partial charge in [0.2, 0.25) is 0 Å². The standard InChI is InChI=1S/C27H18O3/c1-17(27(28)29)18-13-15-19(16-14-18)20-7-2-3-8-21(20)23-10-6-11-24-22-9-4-5-12-25(22)30-26(23)24/h2-16H,1H2,(H,28,29). The van der Waals surface area contributed by atoms with Gasteiger partial charge in [0, 0.05) is 16.3 Å². The molecule has 30 heavy (non-hydrogen) atoms. The van der Waals surface area contributed by atoms with E-state index in [9.17, 15) is 4.79 Å². The van der Waals surface area contributed by atoms with Crippen LogP contribution >= 0.6 is 0 Å². The molecule has 0 aliphatic carbocycles. The molecule has 1 heterocycles. The fourth-order valence-corrected chi connectivity index (χ4v) is 3.90. The third kappa shape index (κ3) is 2.88. The highest BCUT2D eigenvalue weighted by atomic mass is 16.4. The minimum absolute atomic E-state index is 0.0851. The Balaban J connectivity index is 1.68. The third-order valence-corrected chi connectivity index (χ3v) is 5.42. The summed E-state index contributed by atoms with van der Waals surface area (Å²) in [5.74, 6) is -1.01. The van der Waals surface area contributed by atoms with Gasteiger partial charge in [-0.1, -0.05) is 91.5 Å². The predicted molar refractivity (Wildman–Crippen MR) is 121 cm³/mol. The summed E-state index contributed by atoms with van der Waals surface area (Å²) in [4.78, 5) is 11.2. The molecule has 0 atom stereocenters. The van der Waals surface area contributed by atoms with Crippen LogP contribution in [0.15, 0.2) is 102 Å². The molecule has 3 heteroatoms. The highest BCUT2D eigenvalue weighted by Crippen LogP contribution is 2.39. The normalized spacial score (nSPS) is 11.1. The summed E-state index contributed by atoms with van der Waals surface area (Å²) in [6.07, 6.45) is 0. The summed E-state index contributed by atoms with van der Waals surface area (Å²) < 4.78 is 6.23. The van der Waals surface area contributed by atoms with Gasteiger partial charge in [0.25, 0.3) is 0 Å². The van der Waals surface area contributed by atoms with E-state index in [2.05, 4.69) is 43.0 Å². The van der Waals surface area contributed by atoms with Gasteiger partial charge in [-0.2, -0.15) is 0 Å². The Kier molecular flexibility index (Phi) is 4.22. The highest BCUT2D eigenvalue weighted by molar-refractivity contribution is 6.14. The molecule has 1 aromatic heterocycles. The van der Waals surface area contributed by atoms with Gasteiger partial charge >= 0.3 is 5.97 Å². The van der Waals surface area contributed by atoms with E-state index >= 15 is 0 Å². The molecular formula is C27H18O3. The number of benzene rings is 4. The van der Waals surface area contributed by atoms with Crippen LogP contribution in [0, 0.1) is 0 Å². The molecule has 0 bridgehead atoms. The molecular weight excluding hydrogens is 372 g/mol. The van der Waals surface area contributed by atoms with Crippen molar-refractivity contribution in [2.75, 3.05) is 0 Å². The first kappa shape index (κ1) is 18.0. The quantitative estimate of drug-likeness (QED) is 0.336. The lowest BCUT2D eigenvalue weighted by Crippen LogP contribution is -1.97. The number of carbonyl (C=O) groups is 1. The molecule has 0 unspecified atom stereocenters. The maximum absolute atomic E-state index is 11.2. The molecule has 0 saturated heterocycles. The minimum Gasteiger partial charge on any atom is -0.478 e. The van der Waals surface area contributed by atoms with Crippen LogP contribution in [0.5, 0.6) is 0 Å². The van der Waals surface area contributed by atoms with Crippen molar-refractivity contribution in [1.29, 1.82) is 0 Å². The molecule has 4 aromatic carbocycles. The highest BCUT2D eigenvalue weighted by Gasteiger charge is 2.15. The van der Waals surface area contributed by atoms with E-state index in [1.54, 1.807) is 12.1 Å². The second kappa shape index (κ2) is 7.05. The number of para-hydroxylation sites is 2. The lowest BCUT2D eigenvalue weighted by atomic mass is 9.92. The van der Waals surface area contributed by atoms with Gasteiger partial charge in [0.15, 0.2) is 0 Å². The SMILES string of the molecule is C=C(C(=O)O)c1ccc(-c2ccccc2-c2cccc3c2oc2ccccc23)cc1. The van der Waals surface area contributed by atoms with Crippen molar-refractivity contribution in [1.82, 2.24) is 0 Å². The van der Waals surface area contributed by atoms with Gasteiger partial charge in [0.05, 0.1) is 5.57 Å². The zero-order chi connectivity index (χ0) is 20.7. The number of hydrogen-bond donors (Lipinski definition) is 1. The van der Waals surface area contributed by atoms with Crippen LogP contribution < -0.4 is 0 Å². The molecule has 0 spiro atoms. The van der Waals surface area contributed by atoms with Crippen LogP contribution in [0.2, 0.25) is 0 Å². The monoisotopic (exact) mass is 390 g/mol.